The molecule has 6 rings (SSSR count). The van der Waals surface area contributed by atoms with Crippen molar-refractivity contribution in [2.24, 2.45) is 69.0 Å². The van der Waals surface area contributed by atoms with Gasteiger partial charge in [0.15, 0.2) is 5.78 Å². The quantitative estimate of drug-likeness (QED) is 0.197. The van der Waals surface area contributed by atoms with Crippen LogP contribution in [-0.4, -0.2) is 58.6 Å². The van der Waals surface area contributed by atoms with Crippen LogP contribution in [0.5, 0.6) is 0 Å². The van der Waals surface area contributed by atoms with E-state index in [1.54, 1.807) is 34.6 Å². The monoisotopic (exact) mass is 781 g/mol. The van der Waals surface area contributed by atoms with Crippen molar-refractivity contribution in [2.75, 3.05) is 6.54 Å². The number of Topliss-reactive ketones (excluding diaryl/α,β-unsaturated/α-hetero) is 1. The number of nitrogens with one attached hydrogen (secondary N) is 2. The Kier molecular flexibility index (Phi) is 11.0. The number of carboxylic acid groups (broad SMARTS) is 1. The molecule has 5 saturated carbocycles. The lowest BCUT2D eigenvalue weighted by Crippen LogP contribution is -2.63. The van der Waals surface area contributed by atoms with Crippen molar-refractivity contribution in [1.82, 2.24) is 10.6 Å². The number of fused-ring (bicyclic) bond motifs is 7. The molecule has 0 aromatic heterocycles. The molecule has 6 aliphatic carbocycles. The van der Waals surface area contributed by atoms with Crippen LogP contribution in [-0.2, 0) is 28.7 Å². The van der Waals surface area contributed by atoms with Crippen molar-refractivity contribution >= 4 is 29.7 Å². The first-order chi connectivity index (χ1) is 25.8. The van der Waals surface area contributed by atoms with Crippen LogP contribution in [0.15, 0.2) is 11.1 Å². The molecule has 10 heteroatoms. The number of carboxylic acids is 1. The predicted molar refractivity (Wildman–Crippen MR) is 214 cm³/mol. The molecule has 0 radical (unpaired) electrons. The minimum Gasteiger partial charge on any atom is -0.481 e. The Morgan fingerprint density at radius 2 is 1.54 bits per heavy atom. The standard InChI is InChI=1S/C46H72N2O8/c1-25(2)35-31(49)24-46(21-22-47-39(53)43(9,10)48-40(54)56-41(4,5)6)20-15-30-27(36(35)46)13-14-33-44(30,11)18-16-32-42(7,8)34(17-19-45(32,33)12)55-38(52)29-23-28(26(29)3)37(50)51/h25-30,32-34H,13-24H2,1-12H3,(H,47,53)(H,48,54)(H,50,51). The van der Waals surface area contributed by atoms with Crippen LogP contribution < -0.4 is 10.6 Å². The number of aliphatic carboxylic acids is 1. The van der Waals surface area contributed by atoms with Crippen LogP contribution in [0.4, 0.5) is 4.79 Å². The summed E-state index contributed by atoms with van der Waals surface area (Å²) >= 11 is 0. The summed E-state index contributed by atoms with van der Waals surface area (Å²) in [6.07, 6.45) is 8.99. The largest absolute Gasteiger partial charge is 0.481 e. The van der Waals surface area contributed by atoms with Crippen molar-refractivity contribution in [3.8, 4) is 0 Å². The molecule has 0 aromatic carbocycles. The van der Waals surface area contributed by atoms with Gasteiger partial charge in [-0.2, -0.15) is 0 Å². The van der Waals surface area contributed by atoms with E-state index in [1.807, 2.05) is 6.92 Å². The first-order valence-electron chi connectivity index (χ1n) is 21.8. The van der Waals surface area contributed by atoms with Crippen molar-refractivity contribution in [3.63, 3.8) is 0 Å². The number of ketones is 1. The Morgan fingerprint density at radius 3 is 2.14 bits per heavy atom. The third-order valence-electron chi connectivity index (χ3n) is 16.6. The molecule has 11 atom stereocenters. The number of hydrogen-bond donors (Lipinski definition) is 3. The molecule has 0 aromatic rings. The van der Waals surface area contributed by atoms with Gasteiger partial charge < -0.3 is 25.2 Å². The molecule has 56 heavy (non-hydrogen) atoms. The van der Waals surface area contributed by atoms with E-state index >= 15 is 0 Å². The second-order valence-corrected chi connectivity index (χ2v) is 22.0. The van der Waals surface area contributed by atoms with Gasteiger partial charge in [-0.25, -0.2) is 4.79 Å². The van der Waals surface area contributed by atoms with E-state index in [0.717, 1.165) is 56.9 Å². The first-order valence-corrected chi connectivity index (χ1v) is 21.8. The third kappa shape index (κ3) is 7.13. The van der Waals surface area contributed by atoms with Gasteiger partial charge in [0.2, 0.25) is 5.91 Å². The Hall–Kier alpha value is -2.91. The Bertz CT molecular complexity index is 1660. The zero-order valence-electron chi connectivity index (χ0n) is 36.5. The topological polar surface area (TPSA) is 148 Å². The summed E-state index contributed by atoms with van der Waals surface area (Å²) in [5.74, 6) is -0.135. The molecule has 0 bridgehead atoms. The van der Waals surface area contributed by atoms with Gasteiger partial charge in [-0.05, 0) is 151 Å². The number of carbonyl (C=O) groups is 5. The second-order valence-electron chi connectivity index (χ2n) is 22.0. The summed E-state index contributed by atoms with van der Waals surface area (Å²) in [4.78, 5) is 64.9. The number of amides is 2. The third-order valence-corrected chi connectivity index (χ3v) is 16.6. The minimum absolute atomic E-state index is 0.0995. The molecule has 2 amide bonds. The molecular weight excluding hydrogens is 709 g/mol. The van der Waals surface area contributed by atoms with E-state index < -0.39 is 29.1 Å². The van der Waals surface area contributed by atoms with Gasteiger partial charge >= 0.3 is 18.0 Å². The van der Waals surface area contributed by atoms with Gasteiger partial charge in [-0.1, -0.05) is 54.0 Å². The molecule has 0 spiro atoms. The lowest BCUT2D eigenvalue weighted by molar-refractivity contribution is -0.217. The zero-order valence-corrected chi connectivity index (χ0v) is 36.5. The Morgan fingerprint density at radius 1 is 0.875 bits per heavy atom. The number of ether oxygens (including phenoxy) is 2. The molecule has 6 aliphatic rings. The molecule has 11 unspecified atom stereocenters. The number of rotatable bonds is 9. The summed E-state index contributed by atoms with van der Waals surface area (Å²) in [5, 5.41) is 15.3. The van der Waals surface area contributed by atoms with E-state index in [-0.39, 0.29) is 63.2 Å². The molecule has 5 fully saturated rings. The van der Waals surface area contributed by atoms with Gasteiger partial charge in [-0.15, -0.1) is 0 Å². The Labute approximate surface area is 335 Å². The first kappa shape index (κ1) is 42.7. The summed E-state index contributed by atoms with van der Waals surface area (Å²) in [6, 6.07) is 0. The SMILES string of the molecule is CC(C)C1=C2C3CCC4C(C)(CCC5C(C)(C)C(OC(=O)C6CC(C(=O)O)C6C)CCC54C)C3CCC2(CCNC(=O)C(C)(C)NC(=O)OC(C)(C)C)CC1=O. The lowest BCUT2D eigenvalue weighted by atomic mass is 9.36. The van der Waals surface area contributed by atoms with Gasteiger partial charge in [0.1, 0.15) is 17.2 Å². The number of alkyl carbamates (subject to hydrolysis) is 1. The fourth-order valence-corrected chi connectivity index (χ4v) is 13.8. The maximum Gasteiger partial charge on any atom is 0.408 e. The summed E-state index contributed by atoms with van der Waals surface area (Å²) in [7, 11) is 0. The average Bonchev–Trinajstić information content (AvgIpc) is 3.36. The molecule has 10 nitrogen and oxygen atoms in total. The van der Waals surface area contributed by atoms with Crippen molar-refractivity contribution < 1.29 is 38.6 Å². The van der Waals surface area contributed by atoms with Gasteiger partial charge in [0, 0.05) is 23.8 Å². The van der Waals surface area contributed by atoms with Crippen LogP contribution in [0.25, 0.3) is 0 Å². The zero-order chi connectivity index (χ0) is 41.6. The fourth-order valence-electron chi connectivity index (χ4n) is 13.8. The maximum atomic E-state index is 14.0. The number of carbonyl (C=O) groups excluding carboxylic acids is 4. The average molecular weight is 781 g/mol. The van der Waals surface area contributed by atoms with E-state index in [1.165, 1.54) is 5.57 Å². The highest BCUT2D eigenvalue weighted by Crippen LogP contribution is 2.73. The highest BCUT2D eigenvalue weighted by Gasteiger charge is 2.67. The molecular formula is C46H72N2O8. The smallest absolute Gasteiger partial charge is 0.408 e. The molecule has 314 valence electrons. The molecule has 0 aliphatic heterocycles. The fraction of sp³-hybridized carbons (Fsp3) is 0.848. The van der Waals surface area contributed by atoms with E-state index in [0.29, 0.717) is 49.5 Å². The normalized spacial score (nSPS) is 39.0. The minimum atomic E-state index is -1.16. The molecule has 3 N–H and O–H groups in total. The van der Waals surface area contributed by atoms with Crippen LogP contribution in [0.3, 0.4) is 0 Å². The van der Waals surface area contributed by atoms with Crippen molar-refractivity contribution in [1.29, 1.82) is 0 Å². The van der Waals surface area contributed by atoms with Crippen LogP contribution in [0.1, 0.15) is 154 Å². The molecule has 0 saturated heterocycles. The number of allylic oxidation sites excluding steroid dienone is 2. The van der Waals surface area contributed by atoms with E-state index in [2.05, 4.69) is 52.2 Å². The van der Waals surface area contributed by atoms with Gasteiger partial charge in [0.05, 0.1) is 11.8 Å². The van der Waals surface area contributed by atoms with E-state index in [9.17, 15) is 29.1 Å². The van der Waals surface area contributed by atoms with Gasteiger partial charge in [-0.3, -0.25) is 19.2 Å². The highest BCUT2D eigenvalue weighted by atomic mass is 16.6. The van der Waals surface area contributed by atoms with Crippen LogP contribution in [0, 0.1) is 69.0 Å². The van der Waals surface area contributed by atoms with Crippen LogP contribution >= 0.6 is 0 Å². The van der Waals surface area contributed by atoms with Crippen molar-refractivity contribution in [3.05, 3.63) is 11.1 Å². The number of hydrogen-bond acceptors (Lipinski definition) is 7. The lowest BCUT2D eigenvalue weighted by Gasteiger charge is -2.69. The summed E-state index contributed by atoms with van der Waals surface area (Å²) in [5.41, 5.74) is 0.362. The predicted octanol–water partition coefficient (Wildman–Crippen LogP) is 8.66. The summed E-state index contributed by atoms with van der Waals surface area (Å²) < 4.78 is 11.7. The summed E-state index contributed by atoms with van der Waals surface area (Å²) in [6.45, 7) is 25.0. The Balaban J connectivity index is 1.17. The van der Waals surface area contributed by atoms with Crippen molar-refractivity contribution in [2.45, 2.75) is 171 Å². The van der Waals surface area contributed by atoms with Gasteiger partial charge in [0.25, 0.3) is 0 Å². The van der Waals surface area contributed by atoms with E-state index in [4.69, 9.17) is 9.47 Å². The maximum absolute atomic E-state index is 14.0. The highest BCUT2D eigenvalue weighted by molar-refractivity contribution is 6.00. The molecule has 0 heterocycles. The number of esters is 1. The van der Waals surface area contributed by atoms with Crippen LogP contribution in [0.2, 0.25) is 0 Å². The second kappa shape index (κ2) is 14.4.